The monoisotopic (exact) mass is 429 g/mol. The molecule has 0 spiro atoms. The zero-order chi connectivity index (χ0) is 21.6. The highest BCUT2D eigenvalue weighted by Gasteiger charge is 2.59. The highest BCUT2D eigenvalue weighted by atomic mass is 16.6. The van der Waals surface area contributed by atoms with Gasteiger partial charge in [0.2, 0.25) is 0 Å². The van der Waals surface area contributed by atoms with E-state index in [4.69, 9.17) is 10.6 Å². The van der Waals surface area contributed by atoms with Gasteiger partial charge in [-0.25, -0.2) is 4.68 Å². The molecular weight excluding hydrogens is 390 g/mol. The summed E-state index contributed by atoms with van der Waals surface area (Å²) in [6.45, 7) is 6.50. The minimum Gasteiger partial charge on any atom is -0.394 e. The predicted octanol–water partition coefficient (Wildman–Crippen LogP) is 3.51. The molecule has 0 amide bonds. The molecule has 0 aromatic carbocycles. The second-order valence-electron chi connectivity index (χ2n) is 11.2. The second kappa shape index (κ2) is 8.14. The zero-order valence-electron chi connectivity index (χ0n) is 19.2. The van der Waals surface area contributed by atoms with E-state index in [-0.39, 0.29) is 11.5 Å². The molecule has 1 aromatic heterocycles. The summed E-state index contributed by atoms with van der Waals surface area (Å²) < 4.78 is 1.76. The van der Waals surface area contributed by atoms with Crippen molar-refractivity contribution in [2.75, 3.05) is 6.61 Å². The number of hydrogen-bond donors (Lipinski definition) is 2. The molecule has 1 aromatic rings. The third-order valence-corrected chi connectivity index (χ3v) is 9.85. The number of rotatable bonds is 5. The van der Waals surface area contributed by atoms with Gasteiger partial charge in [-0.15, -0.1) is 5.10 Å². The van der Waals surface area contributed by atoms with Crippen molar-refractivity contribution in [1.82, 2.24) is 15.0 Å². The summed E-state index contributed by atoms with van der Waals surface area (Å²) >= 11 is 0. The van der Waals surface area contributed by atoms with Crippen LogP contribution >= 0.6 is 0 Å². The molecule has 1 heterocycles. The first-order valence-corrected chi connectivity index (χ1v) is 12.4. The Hall–Kier alpha value is -1.47. The van der Waals surface area contributed by atoms with E-state index in [9.17, 15) is 5.11 Å². The molecule has 0 aliphatic heterocycles. The fourth-order valence-corrected chi connectivity index (χ4v) is 7.93. The fraction of sp³-hybridized carbons (Fsp3) is 0.875. The van der Waals surface area contributed by atoms with Crippen LogP contribution in [0.4, 0.5) is 0 Å². The van der Waals surface area contributed by atoms with Crippen LogP contribution < -0.4 is 5.73 Å². The van der Waals surface area contributed by atoms with Crippen LogP contribution in [0, 0.1) is 34.5 Å². The van der Waals surface area contributed by atoms with E-state index in [0.29, 0.717) is 25.1 Å². The maximum atomic E-state index is 10.7. The normalized spacial score (nSPS) is 43.4. The predicted molar refractivity (Wildman–Crippen MR) is 119 cm³/mol. The first-order valence-electron chi connectivity index (χ1n) is 12.4. The van der Waals surface area contributed by atoms with Gasteiger partial charge >= 0.3 is 0 Å². The summed E-state index contributed by atoms with van der Waals surface area (Å²) in [6.07, 6.45) is 12.6. The molecule has 4 aliphatic carbocycles. The number of hydrogen-bond acceptors (Lipinski definition) is 6. The summed E-state index contributed by atoms with van der Waals surface area (Å²) in [5, 5.41) is 23.2. The van der Waals surface area contributed by atoms with Crippen LogP contribution in [-0.4, -0.2) is 38.5 Å². The smallest absolute Gasteiger partial charge is 0.136 e. The number of aromatic nitrogens is 3. The third-order valence-electron chi connectivity index (χ3n) is 9.85. The van der Waals surface area contributed by atoms with Crippen molar-refractivity contribution < 1.29 is 9.94 Å². The molecule has 31 heavy (non-hydrogen) atoms. The van der Waals surface area contributed by atoms with Crippen molar-refractivity contribution in [3.8, 4) is 0 Å². The molecule has 0 radical (unpaired) electrons. The molecule has 172 valence electrons. The van der Waals surface area contributed by atoms with Crippen LogP contribution in [0.2, 0.25) is 0 Å². The maximum Gasteiger partial charge on any atom is 0.136 e. The second-order valence-corrected chi connectivity index (χ2v) is 11.2. The first kappa shape index (κ1) is 21.4. The van der Waals surface area contributed by atoms with Crippen LogP contribution in [0.5, 0.6) is 0 Å². The Kier molecular flexibility index (Phi) is 5.62. The Morgan fingerprint density at radius 3 is 2.81 bits per heavy atom. The topological polar surface area (TPSA) is 98.6 Å². The summed E-state index contributed by atoms with van der Waals surface area (Å²) in [5.41, 5.74) is 8.21. The largest absolute Gasteiger partial charge is 0.394 e. The van der Waals surface area contributed by atoms with E-state index in [0.717, 1.165) is 48.6 Å². The molecule has 7 nitrogen and oxygen atoms in total. The Bertz CT molecular complexity index is 825. The Morgan fingerprint density at radius 1 is 1.16 bits per heavy atom. The Balaban J connectivity index is 1.19. The highest BCUT2D eigenvalue weighted by Crippen LogP contribution is 2.65. The maximum absolute atomic E-state index is 10.7. The summed E-state index contributed by atoms with van der Waals surface area (Å²) in [5.74, 6) is 3.09. The van der Waals surface area contributed by atoms with Crippen LogP contribution in [-0.2, 0) is 17.9 Å². The van der Waals surface area contributed by atoms with Gasteiger partial charge in [-0.1, -0.05) is 24.2 Å². The SMILES string of the molecule is C[C@]12CCC(=NOCCn3cc(CN)nn3)CC1CCC1C2CC[C@@]2(C)C1CC[C@@H]2O. The van der Waals surface area contributed by atoms with E-state index < -0.39 is 0 Å². The molecular formula is C24H39N5O2. The number of aliphatic hydroxyl groups excluding tert-OH is 1. The van der Waals surface area contributed by atoms with Crippen LogP contribution in [0.3, 0.4) is 0 Å². The van der Waals surface area contributed by atoms with Gasteiger partial charge in [0.1, 0.15) is 6.61 Å². The number of nitrogens with zero attached hydrogens (tertiary/aromatic N) is 4. The molecule has 4 unspecified atom stereocenters. The lowest BCUT2D eigenvalue weighted by Gasteiger charge is -2.60. The van der Waals surface area contributed by atoms with Crippen LogP contribution in [0.25, 0.3) is 0 Å². The minimum absolute atomic E-state index is 0.0781. The molecule has 5 rings (SSSR count). The van der Waals surface area contributed by atoms with E-state index >= 15 is 0 Å². The molecule has 7 atom stereocenters. The van der Waals surface area contributed by atoms with Crippen molar-refractivity contribution in [3.63, 3.8) is 0 Å². The number of fused-ring (bicyclic) bond motifs is 5. The third kappa shape index (κ3) is 3.62. The van der Waals surface area contributed by atoms with Crippen molar-refractivity contribution >= 4 is 5.71 Å². The molecule has 3 N–H and O–H groups in total. The van der Waals surface area contributed by atoms with E-state index in [1.54, 1.807) is 4.68 Å². The molecule has 7 heteroatoms. The lowest BCUT2D eigenvalue weighted by atomic mass is 9.45. The summed E-state index contributed by atoms with van der Waals surface area (Å²) in [4.78, 5) is 5.66. The summed E-state index contributed by atoms with van der Waals surface area (Å²) in [6, 6.07) is 0. The lowest BCUT2D eigenvalue weighted by molar-refractivity contribution is -0.112. The number of aliphatic hydroxyl groups is 1. The average molecular weight is 430 g/mol. The standard InChI is InChI=1S/C24H39N5O2/c1-23-9-7-17(27-31-12-11-29-15-18(14-25)26-28-29)13-16(23)3-4-19-20-5-6-22(30)24(20,2)10-8-21(19)23/h15-16,19-22,30H,3-14,25H2,1-2H3/t16?,19?,20?,21?,22-,23-,24-/m0/s1. The van der Waals surface area contributed by atoms with Crippen molar-refractivity contribution in [1.29, 1.82) is 0 Å². The van der Waals surface area contributed by atoms with Crippen LogP contribution in [0.15, 0.2) is 11.4 Å². The van der Waals surface area contributed by atoms with Gasteiger partial charge in [0.25, 0.3) is 0 Å². The van der Waals surface area contributed by atoms with Crippen molar-refractivity contribution in [2.24, 2.45) is 45.4 Å². The molecule has 4 aliphatic rings. The molecule has 4 fully saturated rings. The van der Waals surface area contributed by atoms with E-state index in [1.807, 2.05) is 6.20 Å². The molecule has 4 saturated carbocycles. The quantitative estimate of drug-likeness (QED) is 0.551. The Morgan fingerprint density at radius 2 is 2.00 bits per heavy atom. The van der Waals surface area contributed by atoms with Gasteiger partial charge < -0.3 is 15.7 Å². The van der Waals surface area contributed by atoms with Gasteiger partial charge in [-0.3, -0.25) is 0 Å². The fourth-order valence-electron chi connectivity index (χ4n) is 7.93. The summed E-state index contributed by atoms with van der Waals surface area (Å²) in [7, 11) is 0. The van der Waals surface area contributed by atoms with Crippen molar-refractivity contribution in [2.45, 2.75) is 90.8 Å². The minimum atomic E-state index is -0.0781. The van der Waals surface area contributed by atoms with Crippen molar-refractivity contribution in [3.05, 3.63) is 11.9 Å². The van der Waals surface area contributed by atoms with Gasteiger partial charge in [0.15, 0.2) is 0 Å². The van der Waals surface area contributed by atoms with Gasteiger partial charge in [0, 0.05) is 12.7 Å². The first-order chi connectivity index (χ1) is 14.9. The van der Waals surface area contributed by atoms with Gasteiger partial charge in [-0.05, 0) is 92.3 Å². The van der Waals surface area contributed by atoms with E-state index in [2.05, 4.69) is 29.3 Å². The number of oxime groups is 1. The lowest BCUT2D eigenvalue weighted by Crippen LogP contribution is -2.54. The van der Waals surface area contributed by atoms with E-state index in [1.165, 1.54) is 44.2 Å². The molecule has 0 bridgehead atoms. The average Bonchev–Trinajstić information content (AvgIpc) is 3.35. The zero-order valence-corrected chi connectivity index (χ0v) is 19.2. The Labute approximate surface area is 185 Å². The number of nitrogens with two attached hydrogens (primary N) is 1. The highest BCUT2D eigenvalue weighted by molar-refractivity contribution is 5.85. The van der Waals surface area contributed by atoms with Gasteiger partial charge in [-0.2, -0.15) is 0 Å². The molecule has 0 saturated heterocycles. The van der Waals surface area contributed by atoms with Crippen LogP contribution in [0.1, 0.15) is 77.3 Å². The van der Waals surface area contributed by atoms with Gasteiger partial charge in [0.05, 0.1) is 24.1 Å².